The first-order valence-electron chi connectivity index (χ1n) is 10.3. The van der Waals surface area contributed by atoms with Crippen LogP contribution in [0.2, 0.25) is 5.02 Å². The molecule has 0 aliphatic carbocycles. The van der Waals surface area contributed by atoms with Gasteiger partial charge in [-0.05, 0) is 48.4 Å². The van der Waals surface area contributed by atoms with Gasteiger partial charge in [0.1, 0.15) is 30.6 Å². The lowest BCUT2D eigenvalue weighted by Crippen LogP contribution is -2.13. The van der Waals surface area contributed by atoms with Crippen LogP contribution < -0.4 is 19.5 Å². The molecule has 1 aromatic heterocycles. The van der Waals surface area contributed by atoms with Crippen molar-refractivity contribution < 1.29 is 27.4 Å². The highest BCUT2D eigenvalue weighted by Gasteiger charge is 2.18. The van der Waals surface area contributed by atoms with Crippen LogP contribution in [0.4, 0.5) is 5.13 Å². The standard InChI is InChI=1S/C23H21ClN4O6S2/c1-14-5-4-6-17(9-14)33-7-8-34-20-18(24)11-15(12-19(20)32-2)10-16(13-25)21(29)26-22-27-28-23(35-22)36(3,30)31/h4-6,9-12H,7-8H2,1-3H3,(H,26,27,29). The fraction of sp³-hybridized carbons (Fsp3) is 0.217. The number of aromatic nitrogens is 2. The van der Waals surface area contributed by atoms with Gasteiger partial charge in [-0.25, -0.2) is 8.42 Å². The molecule has 0 aliphatic heterocycles. The van der Waals surface area contributed by atoms with Crippen LogP contribution in [-0.2, 0) is 14.6 Å². The molecule has 10 nitrogen and oxygen atoms in total. The molecule has 0 saturated heterocycles. The maximum Gasteiger partial charge on any atom is 0.268 e. The molecule has 188 valence electrons. The van der Waals surface area contributed by atoms with Crippen molar-refractivity contribution in [2.75, 3.05) is 31.9 Å². The van der Waals surface area contributed by atoms with Crippen molar-refractivity contribution in [2.24, 2.45) is 0 Å². The van der Waals surface area contributed by atoms with Crippen LogP contribution in [0.15, 0.2) is 46.3 Å². The lowest BCUT2D eigenvalue weighted by Gasteiger charge is -2.14. The highest BCUT2D eigenvalue weighted by atomic mass is 35.5. The summed E-state index contributed by atoms with van der Waals surface area (Å²) < 4.78 is 39.6. The Hall–Kier alpha value is -3.66. The van der Waals surface area contributed by atoms with Gasteiger partial charge < -0.3 is 14.2 Å². The predicted octanol–water partition coefficient (Wildman–Crippen LogP) is 3.92. The van der Waals surface area contributed by atoms with Crippen LogP contribution in [0.25, 0.3) is 6.08 Å². The molecule has 1 amide bonds. The summed E-state index contributed by atoms with van der Waals surface area (Å²) in [5, 5.41) is 19.1. The molecule has 0 aliphatic rings. The number of aryl methyl sites for hydroxylation is 1. The summed E-state index contributed by atoms with van der Waals surface area (Å²) >= 11 is 7.05. The van der Waals surface area contributed by atoms with Crippen molar-refractivity contribution in [3.8, 4) is 23.3 Å². The quantitative estimate of drug-likeness (QED) is 0.173. The van der Waals surface area contributed by atoms with Gasteiger partial charge in [0.25, 0.3) is 5.91 Å². The van der Waals surface area contributed by atoms with Crippen LogP contribution in [0.1, 0.15) is 11.1 Å². The lowest BCUT2D eigenvalue weighted by molar-refractivity contribution is -0.112. The Bertz CT molecular complexity index is 1450. The Morgan fingerprint density at radius 1 is 1.22 bits per heavy atom. The van der Waals surface area contributed by atoms with Gasteiger partial charge >= 0.3 is 0 Å². The van der Waals surface area contributed by atoms with Crippen LogP contribution >= 0.6 is 22.9 Å². The van der Waals surface area contributed by atoms with E-state index in [4.69, 9.17) is 25.8 Å². The van der Waals surface area contributed by atoms with E-state index in [-0.39, 0.29) is 39.0 Å². The Labute approximate surface area is 217 Å². The van der Waals surface area contributed by atoms with Gasteiger partial charge in [-0.1, -0.05) is 35.1 Å². The first-order valence-corrected chi connectivity index (χ1v) is 13.4. The Balaban J connectivity index is 1.70. The molecule has 0 radical (unpaired) electrons. The number of halogens is 1. The second-order valence-electron chi connectivity index (χ2n) is 7.32. The van der Waals surface area contributed by atoms with Gasteiger partial charge in [-0.2, -0.15) is 5.26 Å². The molecule has 3 rings (SSSR count). The number of nitriles is 1. The summed E-state index contributed by atoms with van der Waals surface area (Å²) in [4.78, 5) is 12.5. The Kier molecular flexibility index (Phi) is 8.87. The smallest absolute Gasteiger partial charge is 0.268 e. The average Bonchev–Trinajstić information content (AvgIpc) is 3.30. The number of nitrogens with zero attached hydrogens (tertiary/aromatic N) is 3. The van der Waals surface area contributed by atoms with E-state index in [0.29, 0.717) is 22.6 Å². The van der Waals surface area contributed by atoms with Crippen LogP contribution in [0, 0.1) is 18.3 Å². The van der Waals surface area contributed by atoms with E-state index in [9.17, 15) is 18.5 Å². The second-order valence-corrected chi connectivity index (χ2v) is 10.9. The Morgan fingerprint density at radius 3 is 2.61 bits per heavy atom. The minimum absolute atomic E-state index is 0.0613. The number of benzene rings is 2. The molecule has 0 spiro atoms. The number of ether oxygens (including phenoxy) is 3. The molecule has 36 heavy (non-hydrogen) atoms. The van der Waals surface area contributed by atoms with Crippen molar-refractivity contribution in [3.05, 3.63) is 58.1 Å². The minimum Gasteiger partial charge on any atom is -0.493 e. The third kappa shape index (κ3) is 7.17. The topological polar surface area (TPSA) is 140 Å². The van der Waals surface area contributed by atoms with Gasteiger partial charge in [0.2, 0.25) is 19.3 Å². The van der Waals surface area contributed by atoms with E-state index in [2.05, 4.69) is 15.5 Å². The van der Waals surface area contributed by atoms with Crippen molar-refractivity contribution in [1.29, 1.82) is 5.26 Å². The molecule has 1 N–H and O–H groups in total. The van der Waals surface area contributed by atoms with E-state index in [1.165, 1.54) is 19.3 Å². The zero-order chi connectivity index (χ0) is 26.3. The number of carbonyl (C=O) groups is 1. The molecule has 13 heteroatoms. The molecule has 0 atom stereocenters. The highest BCUT2D eigenvalue weighted by Crippen LogP contribution is 2.37. The van der Waals surface area contributed by atoms with E-state index >= 15 is 0 Å². The van der Waals surface area contributed by atoms with Gasteiger partial charge in [0.15, 0.2) is 11.5 Å². The maximum absolute atomic E-state index is 12.5. The summed E-state index contributed by atoms with van der Waals surface area (Å²) in [6.07, 6.45) is 2.27. The van der Waals surface area contributed by atoms with E-state index in [1.807, 2.05) is 31.2 Å². The number of nitrogens with one attached hydrogen (secondary N) is 1. The SMILES string of the molecule is COc1cc(C=C(C#N)C(=O)Nc2nnc(S(C)(=O)=O)s2)cc(Cl)c1OCCOc1cccc(C)c1. The zero-order valence-electron chi connectivity index (χ0n) is 19.4. The fourth-order valence-corrected chi connectivity index (χ4v) is 4.64. The van der Waals surface area contributed by atoms with E-state index < -0.39 is 15.7 Å². The van der Waals surface area contributed by atoms with Gasteiger partial charge in [-0.3, -0.25) is 10.1 Å². The molecule has 0 unspecified atom stereocenters. The van der Waals surface area contributed by atoms with Crippen molar-refractivity contribution >= 4 is 49.9 Å². The number of hydrogen-bond acceptors (Lipinski definition) is 10. The van der Waals surface area contributed by atoms with Crippen LogP contribution in [-0.4, -0.2) is 51.1 Å². The molecule has 3 aromatic rings. The van der Waals surface area contributed by atoms with E-state index in [0.717, 1.165) is 17.6 Å². The lowest BCUT2D eigenvalue weighted by atomic mass is 10.1. The van der Waals surface area contributed by atoms with Crippen molar-refractivity contribution in [1.82, 2.24) is 10.2 Å². The third-order valence-corrected chi connectivity index (χ3v) is 7.25. The summed E-state index contributed by atoms with van der Waals surface area (Å²) in [6.45, 7) is 2.44. The van der Waals surface area contributed by atoms with Gasteiger partial charge in [0, 0.05) is 6.26 Å². The normalized spacial score (nSPS) is 11.5. The third-order valence-electron chi connectivity index (χ3n) is 4.46. The first kappa shape index (κ1) is 26.9. The summed E-state index contributed by atoms with van der Waals surface area (Å²) in [6, 6.07) is 12.5. The number of carbonyl (C=O) groups excluding carboxylic acids is 1. The number of anilines is 1. The predicted molar refractivity (Wildman–Crippen MR) is 135 cm³/mol. The number of methoxy groups -OCH3 is 1. The monoisotopic (exact) mass is 548 g/mol. The summed E-state index contributed by atoms with van der Waals surface area (Å²) in [5.41, 5.74) is 1.21. The van der Waals surface area contributed by atoms with Crippen molar-refractivity contribution in [2.45, 2.75) is 11.3 Å². The minimum atomic E-state index is -3.57. The van der Waals surface area contributed by atoms with E-state index in [1.54, 1.807) is 12.1 Å². The second kappa shape index (κ2) is 11.9. The van der Waals surface area contributed by atoms with Crippen LogP contribution in [0.5, 0.6) is 17.2 Å². The Morgan fingerprint density at radius 2 is 1.97 bits per heavy atom. The number of amides is 1. The molecular weight excluding hydrogens is 528 g/mol. The van der Waals surface area contributed by atoms with Gasteiger partial charge in [0.05, 0.1) is 12.1 Å². The molecule has 0 bridgehead atoms. The van der Waals surface area contributed by atoms with Crippen molar-refractivity contribution in [3.63, 3.8) is 0 Å². The molecule has 0 fully saturated rings. The molecule has 1 heterocycles. The molecular formula is C23H21ClN4O6S2. The maximum atomic E-state index is 12.5. The first-order chi connectivity index (χ1) is 17.1. The summed E-state index contributed by atoms with van der Waals surface area (Å²) in [5.74, 6) is 0.510. The highest BCUT2D eigenvalue weighted by molar-refractivity contribution is 7.92. The zero-order valence-corrected chi connectivity index (χ0v) is 21.8. The fourth-order valence-electron chi connectivity index (χ4n) is 2.86. The molecule has 0 saturated carbocycles. The summed E-state index contributed by atoms with van der Waals surface area (Å²) in [7, 11) is -2.14. The van der Waals surface area contributed by atoms with Gasteiger partial charge in [-0.15, -0.1) is 10.2 Å². The number of hydrogen-bond donors (Lipinski definition) is 1. The molecule has 2 aromatic carbocycles. The van der Waals surface area contributed by atoms with Crippen LogP contribution in [0.3, 0.4) is 0 Å². The number of rotatable bonds is 10. The largest absolute Gasteiger partial charge is 0.493 e. The average molecular weight is 549 g/mol. The number of sulfone groups is 1.